The highest BCUT2D eigenvalue weighted by molar-refractivity contribution is 9.10. The minimum Gasteiger partial charge on any atom is -0.478 e. The number of aromatic carboxylic acids is 1. The van der Waals surface area contributed by atoms with E-state index in [1.54, 1.807) is 18.2 Å². The van der Waals surface area contributed by atoms with Gasteiger partial charge in [0.1, 0.15) is 11.3 Å². The molecule has 0 aliphatic rings. The molecule has 0 amide bonds. The Balaban J connectivity index is 2.46. The number of thioether (sulfide) groups is 1. The van der Waals surface area contributed by atoms with Gasteiger partial charge in [-0.1, -0.05) is 28.9 Å². The van der Waals surface area contributed by atoms with E-state index in [0.29, 0.717) is 9.37 Å². The molecule has 2 aromatic rings. The van der Waals surface area contributed by atoms with Crippen LogP contribution in [-0.2, 0) is 0 Å². The average Bonchev–Trinajstić information content (AvgIpc) is 2.43. The summed E-state index contributed by atoms with van der Waals surface area (Å²) in [6.45, 7) is 1.93. The van der Waals surface area contributed by atoms with E-state index in [1.165, 1.54) is 30.0 Å². The maximum absolute atomic E-state index is 13.7. The van der Waals surface area contributed by atoms with Crippen molar-refractivity contribution in [3.05, 3.63) is 52.3 Å². The highest BCUT2D eigenvalue weighted by Gasteiger charge is 2.18. The third-order valence-corrected chi connectivity index (χ3v) is 4.05. The van der Waals surface area contributed by atoms with Gasteiger partial charge >= 0.3 is 5.97 Å². The summed E-state index contributed by atoms with van der Waals surface area (Å²) < 4.78 is 19.9. The molecule has 0 unspecified atom stereocenters. The molecule has 0 saturated heterocycles. The molecule has 0 saturated carbocycles. The summed E-state index contributed by atoms with van der Waals surface area (Å²) in [4.78, 5) is 12.1. The van der Waals surface area contributed by atoms with Crippen molar-refractivity contribution in [2.75, 3.05) is 5.75 Å². The molecule has 1 N–H and O–H groups in total. The Bertz CT molecular complexity index is 676. The molecule has 0 aliphatic carbocycles. The van der Waals surface area contributed by atoms with Gasteiger partial charge in [0.2, 0.25) is 0 Å². The Morgan fingerprint density at radius 2 is 2.10 bits per heavy atom. The summed E-state index contributed by atoms with van der Waals surface area (Å²) in [5, 5.41) is 9.38. The molecule has 6 heteroatoms. The summed E-state index contributed by atoms with van der Waals surface area (Å²) in [6, 6.07) is 9.18. The molecule has 110 valence electrons. The van der Waals surface area contributed by atoms with Gasteiger partial charge < -0.3 is 9.84 Å². The normalized spacial score (nSPS) is 10.4. The molecule has 0 radical (unpaired) electrons. The van der Waals surface area contributed by atoms with Crippen LogP contribution in [0.2, 0.25) is 0 Å². The molecule has 0 heterocycles. The molecule has 2 rings (SSSR count). The summed E-state index contributed by atoms with van der Waals surface area (Å²) >= 11 is 4.63. The molecule has 0 fully saturated rings. The van der Waals surface area contributed by atoms with Crippen molar-refractivity contribution >= 4 is 33.7 Å². The molecule has 2 aromatic carbocycles. The maximum atomic E-state index is 13.7. The molecule has 3 nitrogen and oxygen atoms in total. The predicted molar refractivity (Wildman–Crippen MR) is 84.0 cm³/mol. The number of carbonyl (C=O) groups is 1. The minimum absolute atomic E-state index is 0.0227. The molecular weight excluding hydrogens is 359 g/mol. The van der Waals surface area contributed by atoms with Crippen LogP contribution in [-0.4, -0.2) is 16.8 Å². The van der Waals surface area contributed by atoms with Crippen LogP contribution in [0.3, 0.4) is 0 Å². The van der Waals surface area contributed by atoms with Crippen molar-refractivity contribution < 1.29 is 19.0 Å². The Morgan fingerprint density at radius 1 is 1.33 bits per heavy atom. The first-order valence-corrected chi connectivity index (χ1v) is 7.92. The standard InChI is InChI=1S/C15H12BrFO3S/c1-2-21-13-5-3-4-11(14(13)15(18)19)20-12-8-9(16)6-7-10(12)17/h3-8H,2H2,1H3,(H,18,19). The van der Waals surface area contributed by atoms with E-state index in [0.717, 1.165) is 5.75 Å². The van der Waals surface area contributed by atoms with Gasteiger partial charge in [-0.05, 0) is 36.1 Å². The number of carboxylic acid groups (broad SMARTS) is 1. The molecular formula is C15H12BrFO3S. The van der Waals surface area contributed by atoms with Gasteiger partial charge in [0, 0.05) is 9.37 Å². The molecule has 0 bridgehead atoms. The quantitative estimate of drug-likeness (QED) is 0.735. The van der Waals surface area contributed by atoms with E-state index in [1.807, 2.05) is 6.92 Å². The largest absolute Gasteiger partial charge is 0.478 e. The number of carboxylic acids is 1. The Morgan fingerprint density at radius 3 is 2.76 bits per heavy atom. The fourth-order valence-electron chi connectivity index (χ4n) is 1.76. The van der Waals surface area contributed by atoms with Crippen LogP contribution >= 0.6 is 27.7 Å². The third kappa shape index (κ3) is 3.77. The summed E-state index contributed by atoms with van der Waals surface area (Å²) in [6.07, 6.45) is 0. The highest BCUT2D eigenvalue weighted by Crippen LogP contribution is 2.34. The van der Waals surface area contributed by atoms with E-state index >= 15 is 0 Å². The van der Waals surface area contributed by atoms with Crippen LogP contribution in [0.15, 0.2) is 45.8 Å². The fraction of sp³-hybridized carbons (Fsp3) is 0.133. The zero-order valence-corrected chi connectivity index (χ0v) is 13.5. The number of hydrogen-bond donors (Lipinski definition) is 1. The minimum atomic E-state index is -1.10. The van der Waals surface area contributed by atoms with Crippen LogP contribution in [0.4, 0.5) is 4.39 Å². The van der Waals surface area contributed by atoms with Gasteiger partial charge in [-0.25, -0.2) is 9.18 Å². The number of hydrogen-bond acceptors (Lipinski definition) is 3. The van der Waals surface area contributed by atoms with E-state index in [9.17, 15) is 14.3 Å². The molecule has 0 atom stereocenters. The lowest BCUT2D eigenvalue weighted by molar-refractivity contribution is 0.0690. The maximum Gasteiger partial charge on any atom is 0.340 e. The SMILES string of the molecule is CCSc1cccc(Oc2cc(Br)ccc2F)c1C(=O)O. The second-order valence-electron chi connectivity index (χ2n) is 4.04. The third-order valence-electron chi connectivity index (χ3n) is 2.61. The average molecular weight is 371 g/mol. The zero-order chi connectivity index (χ0) is 15.4. The fourth-order valence-corrected chi connectivity index (χ4v) is 2.91. The van der Waals surface area contributed by atoms with Crippen LogP contribution in [0.25, 0.3) is 0 Å². The van der Waals surface area contributed by atoms with Gasteiger partial charge in [-0.15, -0.1) is 11.8 Å². The van der Waals surface area contributed by atoms with Crippen molar-refractivity contribution in [3.63, 3.8) is 0 Å². The van der Waals surface area contributed by atoms with Crippen LogP contribution < -0.4 is 4.74 Å². The second-order valence-corrected chi connectivity index (χ2v) is 6.27. The molecule has 0 aromatic heterocycles. The van der Waals surface area contributed by atoms with E-state index in [2.05, 4.69) is 15.9 Å². The van der Waals surface area contributed by atoms with Gasteiger partial charge in [-0.3, -0.25) is 0 Å². The van der Waals surface area contributed by atoms with Crippen LogP contribution in [0.1, 0.15) is 17.3 Å². The lowest BCUT2D eigenvalue weighted by Crippen LogP contribution is -2.03. The Kier molecular flexibility index (Phi) is 5.25. The van der Waals surface area contributed by atoms with E-state index in [-0.39, 0.29) is 17.1 Å². The predicted octanol–water partition coefficient (Wildman–Crippen LogP) is 5.19. The smallest absolute Gasteiger partial charge is 0.340 e. The summed E-state index contributed by atoms with van der Waals surface area (Å²) in [7, 11) is 0. The summed E-state index contributed by atoms with van der Waals surface area (Å²) in [5.74, 6) is -0.821. The van der Waals surface area contributed by atoms with Gasteiger partial charge in [0.15, 0.2) is 11.6 Å². The molecule has 21 heavy (non-hydrogen) atoms. The Labute approximate surface area is 134 Å². The number of benzene rings is 2. The van der Waals surface area contributed by atoms with Crippen LogP contribution in [0.5, 0.6) is 11.5 Å². The number of ether oxygens (including phenoxy) is 1. The number of rotatable bonds is 5. The second kappa shape index (κ2) is 6.95. The first-order chi connectivity index (χ1) is 10.0. The number of halogens is 2. The lowest BCUT2D eigenvalue weighted by Gasteiger charge is -2.12. The summed E-state index contributed by atoms with van der Waals surface area (Å²) in [5.41, 5.74) is 0.0451. The van der Waals surface area contributed by atoms with Gasteiger partial charge in [0.25, 0.3) is 0 Å². The van der Waals surface area contributed by atoms with Gasteiger partial charge in [0.05, 0.1) is 0 Å². The van der Waals surface area contributed by atoms with E-state index in [4.69, 9.17) is 4.74 Å². The monoisotopic (exact) mass is 370 g/mol. The van der Waals surface area contributed by atoms with Gasteiger partial charge in [-0.2, -0.15) is 0 Å². The first-order valence-electron chi connectivity index (χ1n) is 6.15. The van der Waals surface area contributed by atoms with Crippen molar-refractivity contribution in [3.8, 4) is 11.5 Å². The first kappa shape index (κ1) is 15.9. The van der Waals surface area contributed by atoms with Crippen LogP contribution in [0, 0.1) is 5.82 Å². The van der Waals surface area contributed by atoms with Crippen molar-refractivity contribution in [1.82, 2.24) is 0 Å². The van der Waals surface area contributed by atoms with Crippen molar-refractivity contribution in [1.29, 1.82) is 0 Å². The Hall–Kier alpha value is -1.53. The molecule has 0 spiro atoms. The van der Waals surface area contributed by atoms with E-state index < -0.39 is 11.8 Å². The van der Waals surface area contributed by atoms with Crippen molar-refractivity contribution in [2.45, 2.75) is 11.8 Å². The molecule has 0 aliphatic heterocycles. The highest BCUT2D eigenvalue weighted by atomic mass is 79.9. The topological polar surface area (TPSA) is 46.5 Å². The van der Waals surface area contributed by atoms with Crippen molar-refractivity contribution in [2.24, 2.45) is 0 Å². The zero-order valence-electron chi connectivity index (χ0n) is 11.1. The lowest BCUT2D eigenvalue weighted by atomic mass is 10.2.